The van der Waals surface area contributed by atoms with E-state index in [9.17, 15) is 0 Å². The van der Waals surface area contributed by atoms with Crippen molar-refractivity contribution in [3.8, 4) is 0 Å². The molecule has 1 unspecified atom stereocenters. The third-order valence-electron chi connectivity index (χ3n) is 3.08. The third-order valence-corrected chi connectivity index (χ3v) is 4.21. The number of nitrogen functional groups attached to an aromatic ring is 1. The largest absolute Gasteiger partial charge is 0.399 e. The zero-order valence-corrected chi connectivity index (χ0v) is 10.9. The van der Waals surface area contributed by atoms with Gasteiger partial charge in [-0.1, -0.05) is 19.1 Å². The molecule has 1 saturated heterocycles. The monoisotopic (exact) mass is 236 g/mol. The quantitative estimate of drug-likeness (QED) is 0.800. The molecule has 0 spiro atoms. The van der Waals surface area contributed by atoms with E-state index in [0.29, 0.717) is 0 Å². The number of hydrogen-bond donors (Lipinski definition) is 1. The average molecular weight is 236 g/mol. The van der Waals surface area contributed by atoms with Gasteiger partial charge in [-0.05, 0) is 24.1 Å². The Labute approximate surface area is 102 Å². The van der Waals surface area contributed by atoms with Crippen LogP contribution in [-0.4, -0.2) is 29.0 Å². The van der Waals surface area contributed by atoms with Crippen molar-refractivity contribution in [2.45, 2.75) is 25.6 Å². The van der Waals surface area contributed by atoms with Crippen LogP contribution in [0, 0.1) is 6.92 Å². The minimum Gasteiger partial charge on any atom is -0.399 e. The predicted molar refractivity (Wildman–Crippen MR) is 72.8 cm³/mol. The fourth-order valence-corrected chi connectivity index (χ4v) is 3.16. The molecule has 88 valence electrons. The summed E-state index contributed by atoms with van der Waals surface area (Å²) in [7, 11) is 0. The molecule has 2 N–H and O–H groups in total. The van der Waals surface area contributed by atoms with E-state index in [1.807, 2.05) is 0 Å². The molecular formula is C13H20N2S. The lowest BCUT2D eigenvalue weighted by Crippen LogP contribution is -2.36. The number of nitrogens with two attached hydrogens (primary N) is 1. The first kappa shape index (κ1) is 11.8. The average Bonchev–Trinajstić information content (AvgIpc) is 2.24. The van der Waals surface area contributed by atoms with Crippen LogP contribution in [0.3, 0.4) is 0 Å². The topological polar surface area (TPSA) is 29.3 Å². The summed E-state index contributed by atoms with van der Waals surface area (Å²) >= 11 is 2.07. The van der Waals surface area contributed by atoms with E-state index in [0.717, 1.165) is 17.5 Å². The molecule has 0 radical (unpaired) electrons. The maximum absolute atomic E-state index is 5.93. The van der Waals surface area contributed by atoms with Gasteiger partial charge in [-0.25, -0.2) is 0 Å². The summed E-state index contributed by atoms with van der Waals surface area (Å²) in [5.41, 5.74) is 9.35. The molecule has 1 fully saturated rings. The van der Waals surface area contributed by atoms with Crippen molar-refractivity contribution in [2.24, 2.45) is 0 Å². The maximum Gasteiger partial charge on any atom is 0.0346 e. The van der Waals surface area contributed by atoms with E-state index in [1.54, 1.807) is 0 Å². The van der Waals surface area contributed by atoms with Gasteiger partial charge in [-0.3, -0.25) is 4.90 Å². The second-order valence-electron chi connectivity index (χ2n) is 4.61. The molecule has 1 aliphatic heterocycles. The van der Waals surface area contributed by atoms with Gasteiger partial charge in [-0.15, -0.1) is 0 Å². The smallest absolute Gasteiger partial charge is 0.0346 e. The summed E-state index contributed by atoms with van der Waals surface area (Å²) in [6, 6.07) is 6.42. The number of thioether (sulfide) groups is 1. The zero-order chi connectivity index (χ0) is 11.5. The van der Waals surface area contributed by atoms with Crippen molar-refractivity contribution in [3.05, 3.63) is 29.3 Å². The molecule has 2 nitrogen and oxygen atoms in total. The molecule has 3 heteroatoms. The second-order valence-corrected chi connectivity index (χ2v) is 6.15. The minimum atomic E-state index is 0.761. The minimum absolute atomic E-state index is 0.761. The van der Waals surface area contributed by atoms with E-state index in [1.165, 1.54) is 30.0 Å². The van der Waals surface area contributed by atoms with Gasteiger partial charge >= 0.3 is 0 Å². The molecule has 0 aliphatic carbocycles. The summed E-state index contributed by atoms with van der Waals surface area (Å²) in [4.78, 5) is 2.52. The summed E-state index contributed by atoms with van der Waals surface area (Å²) in [5, 5.41) is 0.761. The molecule has 1 aliphatic rings. The van der Waals surface area contributed by atoms with Crippen LogP contribution in [0.2, 0.25) is 0 Å². The first-order valence-electron chi connectivity index (χ1n) is 5.84. The van der Waals surface area contributed by atoms with Gasteiger partial charge in [0.1, 0.15) is 0 Å². The van der Waals surface area contributed by atoms with E-state index in [2.05, 4.69) is 48.7 Å². The third kappa shape index (κ3) is 2.92. The van der Waals surface area contributed by atoms with Crippen LogP contribution in [0.4, 0.5) is 5.69 Å². The molecular weight excluding hydrogens is 216 g/mol. The van der Waals surface area contributed by atoms with Crippen molar-refractivity contribution < 1.29 is 0 Å². The van der Waals surface area contributed by atoms with Crippen molar-refractivity contribution in [1.29, 1.82) is 0 Å². The van der Waals surface area contributed by atoms with Gasteiger partial charge in [0.05, 0.1) is 0 Å². The van der Waals surface area contributed by atoms with Crippen LogP contribution in [0.5, 0.6) is 0 Å². The number of nitrogens with zero attached hydrogens (tertiary/aromatic N) is 1. The van der Waals surface area contributed by atoms with Crippen molar-refractivity contribution in [3.63, 3.8) is 0 Å². The molecule has 1 heterocycles. The zero-order valence-electron chi connectivity index (χ0n) is 10.1. The lowest BCUT2D eigenvalue weighted by atomic mass is 10.1. The van der Waals surface area contributed by atoms with Crippen LogP contribution in [0.1, 0.15) is 18.1 Å². The Bertz CT molecular complexity index is 365. The van der Waals surface area contributed by atoms with Gasteiger partial charge in [0.25, 0.3) is 0 Å². The summed E-state index contributed by atoms with van der Waals surface area (Å²) in [5.74, 6) is 1.25. The summed E-state index contributed by atoms with van der Waals surface area (Å²) in [6.07, 6.45) is 0. The normalized spacial score (nSPS) is 22.2. The van der Waals surface area contributed by atoms with Crippen LogP contribution in [0.15, 0.2) is 18.2 Å². The summed E-state index contributed by atoms with van der Waals surface area (Å²) in [6.45, 7) is 7.79. The first-order valence-corrected chi connectivity index (χ1v) is 6.89. The molecule has 1 atom stereocenters. The Hall–Kier alpha value is -0.670. The lowest BCUT2D eigenvalue weighted by molar-refractivity contribution is 0.278. The van der Waals surface area contributed by atoms with Crippen LogP contribution in [-0.2, 0) is 6.54 Å². The predicted octanol–water partition coefficient (Wildman–Crippen LogP) is 2.51. The molecule has 0 aromatic heterocycles. The Morgan fingerprint density at radius 3 is 3.00 bits per heavy atom. The van der Waals surface area contributed by atoms with E-state index in [-0.39, 0.29) is 0 Å². The Balaban J connectivity index is 2.00. The van der Waals surface area contributed by atoms with Gasteiger partial charge < -0.3 is 5.73 Å². The molecule has 16 heavy (non-hydrogen) atoms. The van der Waals surface area contributed by atoms with Crippen molar-refractivity contribution >= 4 is 17.4 Å². The van der Waals surface area contributed by atoms with Crippen LogP contribution < -0.4 is 5.73 Å². The fraction of sp³-hybridized carbons (Fsp3) is 0.538. The van der Waals surface area contributed by atoms with Crippen LogP contribution in [0.25, 0.3) is 0 Å². The molecule has 0 amide bonds. The number of anilines is 1. The van der Waals surface area contributed by atoms with E-state index in [4.69, 9.17) is 5.73 Å². The number of aryl methyl sites for hydroxylation is 1. The van der Waals surface area contributed by atoms with Crippen LogP contribution >= 0.6 is 11.8 Å². The van der Waals surface area contributed by atoms with Gasteiger partial charge in [-0.2, -0.15) is 11.8 Å². The highest BCUT2D eigenvalue weighted by Gasteiger charge is 2.16. The highest BCUT2D eigenvalue weighted by molar-refractivity contribution is 7.99. The van der Waals surface area contributed by atoms with Gasteiger partial charge in [0, 0.05) is 36.3 Å². The standard InChI is InChI=1S/C13H20N2S/c1-10-3-4-12(7-13(10)14)9-15-5-6-16-11(2)8-15/h3-4,7,11H,5-6,8-9,14H2,1-2H3. The lowest BCUT2D eigenvalue weighted by Gasteiger charge is -2.30. The number of benzene rings is 1. The van der Waals surface area contributed by atoms with Crippen molar-refractivity contribution in [1.82, 2.24) is 4.90 Å². The Morgan fingerprint density at radius 1 is 1.50 bits per heavy atom. The number of rotatable bonds is 2. The summed E-state index contributed by atoms with van der Waals surface area (Å²) < 4.78 is 0. The van der Waals surface area contributed by atoms with E-state index >= 15 is 0 Å². The van der Waals surface area contributed by atoms with E-state index < -0.39 is 0 Å². The molecule has 0 bridgehead atoms. The number of hydrogen-bond acceptors (Lipinski definition) is 3. The van der Waals surface area contributed by atoms with Crippen molar-refractivity contribution in [2.75, 3.05) is 24.6 Å². The Kier molecular flexibility index (Phi) is 3.77. The molecule has 1 aromatic carbocycles. The fourth-order valence-electron chi connectivity index (χ4n) is 2.08. The second kappa shape index (κ2) is 5.11. The van der Waals surface area contributed by atoms with Gasteiger partial charge in [0.2, 0.25) is 0 Å². The molecule has 1 aromatic rings. The molecule has 0 saturated carbocycles. The highest BCUT2D eigenvalue weighted by Crippen LogP contribution is 2.20. The SMILES string of the molecule is Cc1ccc(CN2CCSC(C)C2)cc1N. The first-order chi connectivity index (χ1) is 7.65. The molecule has 2 rings (SSSR count). The Morgan fingerprint density at radius 2 is 2.31 bits per heavy atom. The highest BCUT2D eigenvalue weighted by atomic mass is 32.2. The van der Waals surface area contributed by atoms with Gasteiger partial charge in [0.15, 0.2) is 0 Å². The maximum atomic E-state index is 5.93.